The summed E-state index contributed by atoms with van der Waals surface area (Å²) in [5.74, 6) is 0.173. The molecule has 4 rings (SSSR count). The first-order chi connectivity index (χ1) is 17.7. The van der Waals surface area contributed by atoms with Gasteiger partial charge in [-0.15, -0.1) is 0 Å². The molecule has 1 amide bonds. The molecule has 0 fully saturated rings. The normalized spacial score (nSPS) is 11.5. The second-order valence-electron chi connectivity index (χ2n) is 8.84. The van der Waals surface area contributed by atoms with Crippen LogP contribution in [0.15, 0.2) is 90.0 Å². The number of anilines is 1. The van der Waals surface area contributed by atoms with Crippen LogP contribution in [0.25, 0.3) is 10.8 Å². The van der Waals surface area contributed by atoms with Crippen LogP contribution in [0.5, 0.6) is 5.75 Å². The molecule has 0 saturated carbocycles. The quantitative estimate of drug-likeness (QED) is 0.252. The van der Waals surface area contributed by atoms with Gasteiger partial charge in [0.1, 0.15) is 18.9 Å². The molecule has 190 valence electrons. The Hall–Kier alpha value is -4.17. The highest BCUT2D eigenvalue weighted by Crippen LogP contribution is 2.26. The molecule has 0 saturated heterocycles. The average Bonchev–Trinajstić information content (AvgIpc) is 2.87. The number of para-hydroxylation sites is 1. The Balaban J connectivity index is 1.33. The fraction of sp³-hybridized carbons (Fsp3) is 0.172. The zero-order chi connectivity index (χ0) is 26.4. The van der Waals surface area contributed by atoms with Crippen LogP contribution < -0.4 is 14.5 Å². The molecule has 0 aliphatic carbocycles. The zero-order valence-electron chi connectivity index (χ0n) is 21.0. The molecule has 0 radical (unpaired) electrons. The molecule has 4 aromatic rings. The van der Waals surface area contributed by atoms with E-state index in [-0.39, 0.29) is 6.54 Å². The molecular weight excluding hydrogens is 486 g/mol. The maximum Gasteiger partial charge on any atom is 0.260 e. The molecule has 0 spiro atoms. The van der Waals surface area contributed by atoms with Crippen molar-refractivity contribution in [2.45, 2.75) is 20.5 Å². The number of hydrogen-bond acceptors (Lipinski definition) is 5. The maximum absolute atomic E-state index is 12.5. The summed E-state index contributed by atoms with van der Waals surface area (Å²) in [6, 6.07) is 27.2. The number of ether oxygens (including phenoxy) is 1. The fourth-order valence-corrected chi connectivity index (χ4v) is 5.02. The number of fused-ring (bicyclic) bond motifs is 1. The van der Waals surface area contributed by atoms with E-state index < -0.39 is 15.9 Å². The van der Waals surface area contributed by atoms with E-state index in [0.29, 0.717) is 18.0 Å². The van der Waals surface area contributed by atoms with Crippen molar-refractivity contribution in [1.82, 2.24) is 5.43 Å². The van der Waals surface area contributed by atoms with Crippen LogP contribution in [0.4, 0.5) is 5.69 Å². The van der Waals surface area contributed by atoms with Crippen LogP contribution in [0.1, 0.15) is 22.3 Å². The van der Waals surface area contributed by atoms with Crippen molar-refractivity contribution in [1.29, 1.82) is 0 Å². The first-order valence-electron chi connectivity index (χ1n) is 11.8. The molecule has 0 aromatic heterocycles. The minimum atomic E-state index is -3.67. The largest absolute Gasteiger partial charge is 0.489 e. The predicted octanol–water partition coefficient (Wildman–Crippen LogP) is 4.95. The molecule has 0 unspecified atom stereocenters. The lowest BCUT2D eigenvalue weighted by Gasteiger charge is -2.25. The van der Waals surface area contributed by atoms with Crippen molar-refractivity contribution in [2.75, 3.05) is 17.1 Å². The van der Waals surface area contributed by atoms with E-state index >= 15 is 0 Å². The van der Waals surface area contributed by atoms with Crippen LogP contribution in [0.2, 0.25) is 0 Å². The summed E-state index contributed by atoms with van der Waals surface area (Å²) in [7, 11) is -3.67. The van der Waals surface area contributed by atoms with Crippen LogP contribution in [-0.4, -0.2) is 33.3 Å². The minimum absolute atomic E-state index is 0.372. The van der Waals surface area contributed by atoms with Gasteiger partial charge in [0.2, 0.25) is 10.0 Å². The molecule has 8 heteroatoms. The smallest absolute Gasteiger partial charge is 0.260 e. The van der Waals surface area contributed by atoms with Crippen molar-refractivity contribution >= 4 is 38.6 Å². The van der Waals surface area contributed by atoms with Gasteiger partial charge in [-0.1, -0.05) is 54.6 Å². The average molecular weight is 516 g/mol. The number of aryl methyl sites for hydroxylation is 2. The standard InChI is InChI=1S/C29H29N3O4S/c1-21-7-6-8-22(2)29(21)32(37(3,34)35)19-28(33)31-30-18-23-12-15-27(16-13-23)36-20-24-11-14-25-9-4-5-10-26(25)17-24/h4-18H,19-20H2,1-3H3,(H,31,33)/b30-18-. The van der Waals surface area contributed by atoms with Crippen molar-refractivity contribution in [3.8, 4) is 5.75 Å². The Kier molecular flexibility index (Phi) is 7.89. The van der Waals surface area contributed by atoms with E-state index in [0.717, 1.165) is 32.8 Å². The summed E-state index contributed by atoms with van der Waals surface area (Å²) < 4.78 is 31.8. The van der Waals surface area contributed by atoms with E-state index in [1.54, 1.807) is 0 Å². The Morgan fingerprint density at radius 2 is 1.59 bits per heavy atom. The molecule has 1 N–H and O–H groups in total. The SMILES string of the molecule is Cc1cccc(C)c1N(CC(=O)N/N=C\c1ccc(OCc2ccc3ccccc3c2)cc1)S(C)(=O)=O. The lowest BCUT2D eigenvalue weighted by Crippen LogP contribution is -2.39. The van der Waals surface area contributed by atoms with E-state index in [9.17, 15) is 13.2 Å². The second-order valence-corrected chi connectivity index (χ2v) is 10.7. The molecule has 0 atom stereocenters. The number of nitrogens with one attached hydrogen (secondary N) is 1. The number of amides is 1. The van der Waals surface area contributed by atoms with E-state index in [1.807, 2.05) is 68.4 Å². The number of hydrazone groups is 1. The third-order valence-electron chi connectivity index (χ3n) is 5.88. The number of carbonyl (C=O) groups is 1. The topological polar surface area (TPSA) is 88.1 Å². The molecule has 0 aliphatic rings. The monoisotopic (exact) mass is 515 g/mol. The number of carbonyl (C=O) groups excluding carboxylic acids is 1. The lowest BCUT2D eigenvalue weighted by molar-refractivity contribution is -0.119. The summed E-state index contributed by atoms with van der Waals surface area (Å²) in [6.07, 6.45) is 2.58. The molecule has 4 aromatic carbocycles. The van der Waals surface area contributed by atoms with Gasteiger partial charge in [0.15, 0.2) is 0 Å². The lowest BCUT2D eigenvalue weighted by atomic mass is 10.1. The number of rotatable bonds is 9. The van der Waals surface area contributed by atoms with Crippen molar-refractivity contribution in [3.63, 3.8) is 0 Å². The van der Waals surface area contributed by atoms with Crippen molar-refractivity contribution in [3.05, 3.63) is 107 Å². The number of sulfonamides is 1. The Bertz CT molecular complexity index is 1530. The number of nitrogens with zero attached hydrogens (tertiary/aromatic N) is 2. The van der Waals surface area contributed by atoms with Gasteiger partial charge < -0.3 is 4.74 Å². The molecule has 0 aliphatic heterocycles. The summed E-state index contributed by atoms with van der Waals surface area (Å²) in [4.78, 5) is 12.5. The zero-order valence-corrected chi connectivity index (χ0v) is 21.8. The van der Waals surface area contributed by atoms with Gasteiger partial charge in [0.05, 0.1) is 18.2 Å². The Morgan fingerprint density at radius 3 is 2.27 bits per heavy atom. The summed E-state index contributed by atoms with van der Waals surface area (Å²) >= 11 is 0. The van der Waals surface area contributed by atoms with Gasteiger partial charge in [-0.2, -0.15) is 5.10 Å². The summed E-state index contributed by atoms with van der Waals surface area (Å²) in [5.41, 5.74) is 6.29. The second kappa shape index (κ2) is 11.3. The van der Waals surface area contributed by atoms with Crippen LogP contribution in [0, 0.1) is 13.8 Å². The molecule has 7 nitrogen and oxygen atoms in total. The first-order valence-corrected chi connectivity index (χ1v) is 13.6. The summed E-state index contributed by atoms with van der Waals surface area (Å²) in [5, 5.41) is 6.34. The van der Waals surface area contributed by atoms with Gasteiger partial charge >= 0.3 is 0 Å². The molecular formula is C29H29N3O4S. The highest BCUT2D eigenvalue weighted by atomic mass is 32.2. The van der Waals surface area contributed by atoms with E-state index in [2.05, 4.69) is 40.9 Å². The van der Waals surface area contributed by atoms with Gasteiger partial charge in [0, 0.05) is 0 Å². The van der Waals surface area contributed by atoms with Gasteiger partial charge in [-0.05, 0) is 77.2 Å². The third kappa shape index (κ3) is 6.74. The highest BCUT2D eigenvalue weighted by molar-refractivity contribution is 7.92. The highest BCUT2D eigenvalue weighted by Gasteiger charge is 2.23. The van der Waals surface area contributed by atoms with Crippen LogP contribution in [-0.2, 0) is 21.4 Å². The van der Waals surface area contributed by atoms with Gasteiger partial charge in [-0.3, -0.25) is 9.10 Å². The minimum Gasteiger partial charge on any atom is -0.489 e. The number of benzene rings is 4. The maximum atomic E-state index is 12.5. The fourth-order valence-electron chi connectivity index (χ4n) is 4.05. The van der Waals surface area contributed by atoms with Crippen LogP contribution >= 0.6 is 0 Å². The van der Waals surface area contributed by atoms with Crippen molar-refractivity contribution in [2.24, 2.45) is 5.10 Å². The summed E-state index contributed by atoms with van der Waals surface area (Å²) in [6.45, 7) is 3.70. The Morgan fingerprint density at radius 1 is 0.919 bits per heavy atom. The van der Waals surface area contributed by atoms with E-state index in [1.165, 1.54) is 17.0 Å². The first kappa shape index (κ1) is 25.9. The van der Waals surface area contributed by atoms with Gasteiger partial charge in [0.25, 0.3) is 5.91 Å². The van der Waals surface area contributed by atoms with Crippen LogP contribution in [0.3, 0.4) is 0 Å². The third-order valence-corrected chi connectivity index (χ3v) is 6.99. The number of hydrogen-bond donors (Lipinski definition) is 1. The van der Waals surface area contributed by atoms with E-state index in [4.69, 9.17) is 4.74 Å². The molecule has 0 bridgehead atoms. The Labute approximate surface area is 217 Å². The van der Waals surface area contributed by atoms with Crippen molar-refractivity contribution < 1.29 is 17.9 Å². The predicted molar refractivity (Wildman–Crippen MR) is 149 cm³/mol. The molecule has 0 heterocycles. The van der Waals surface area contributed by atoms with Gasteiger partial charge in [-0.25, -0.2) is 13.8 Å². The molecule has 37 heavy (non-hydrogen) atoms.